The molecule has 9 heteroatoms. The molecular formula is C25H28N4O4S. The number of hydrogen-bond donors (Lipinski definition) is 1. The lowest BCUT2D eigenvalue weighted by atomic mass is 9.86. The zero-order valence-corrected chi connectivity index (χ0v) is 20.3. The first kappa shape index (κ1) is 22.6. The van der Waals surface area contributed by atoms with Gasteiger partial charge in [0.15, 0.2) is 0 Å². The molecule has 0 bridgehead atoms. The van der Waals surface area contributed by atoms with Gasteiger partial charge in [-0.1, -0.05) is 35.5 Å². The van der Waals surface area contributed by atoms with E-state index in [1.54, 1.807) is 6.07 Å². The fraction of sp³-hybridized carbons (Fsp3) is 0.360. The average molecular weight is 481 g/mol. The molecule has 8 nitrogen and oxygen atoms in total. The SMILES string of the molecule is Cc1noc(C)c1-c1cc(NS(C)(=O)=O)c2ncn(C(c3ccccc3)C3CCOCC3)c2c1. The van der Waals surface area contributed by atoms with Crippen molar-refractivity contribution in [1.82, 2.24) is 14.7 Å². The van der Waals surface area contributed by atoms with Crippen LogP contribution >= 0.6 is 0 Å². The third-order valence-corrected chi connectivity index (χ3v) is 7.04. The number of benzene rings is 2. The Morgan fingerprint density at radius 2 is 1.85 bits per heavy atom. The van der Waals surface area contributed by atoms with Crippen molar-refractivity contribution in [2.75, 3.05) is 24.2 Å². The van der Waals surface area contributed by atoms with Crippen LogP contribution in [0.3, 0.4) is 0 Å². The minimum Gasteiger partial charge on any atom is -0.381 e. The van der Waals surface area contributed by atoms with Gasteiger partial charge in [-0.15, -0.1) is 0 Å². The highest BCUT2D eigenvalue weighted by atomic mass is 32.2. The molecule has 0 spiro atoms. The highest BCUT2D eigenvalue weighted by molar-refractivity contribution is 7.92. The lowest BCUT2D eigenvalue weighted by molar-refractivity contribution is 0.0547. The van der Waals surface area contributed by atoms with Gasteiger partial charge in [0.1, 0.15) is 11.3 Å². The van der Waals surface area contributed by atoms with Crippen LogP contribution in [0.4, 0.5) is 5.69 Å². The number of aryl methyl sites for hydroxylation is 2. The normalized spacial score (nSPS) is 16.1. The Morgan fingerprint density at radius 1 is 1.12 bits per heavy atom. The number of hydrogen-bond acceptors (Lipinski definition) is 6. The van der Waals surface area contributed by atoms with Crippen molar-refractivity contribution in [1.29, 1.82) is 0 Å². The van der Waals surface area contributed by atoms with Crippen LogP contribution in [0.5, 0.6) is 0 Å². The topological polar surface area (TPSA) is 99.3 Å². The summed E-state index contributed by atoms with van der Waals surface area (Å²) in [6.45, 7) is 5.19. The van der Waals surface area contributed by atoms with Crippen LogP contribution in [0.2, 0.25) is 0 Å². The van der Waals surface area contributed by atoms with Gasteiger partial charge >= 0.3 is 0 Å². The van der Waals surface area contributed by atoms with E-state index in [9.17, 15) is 8.42 Å². The van der Waals surface area contributed by atoms with Gasteiger partial charge in [0.05, 0.1) is 35.5 Å². The van der Waals surface area contributed by atoms with Gasteiger partial charge < -0.3 is 13.8 Å². The number of nitrogens with one attached hydrogen (secondary N) is 1. The average Bonchev–Trinajstić information content (AvgIpc) is 3.37. The summed E-state index contributed by atoms with van der Waals surface area (Å²) in [6, 6.07) is 14.3. The zero-order valence-electron chi connectivity index (χ0n) is 19.5. The number of imidazole rings is 1. The van der Waals surface area contributed by atoms with Crippen molar-refractivity contribution < 1.29 is 17.7 Å². The number of fused-ring (bicyclic) bond motifs is 1. The fourth-order valence-electron chi connectivity index (χ4n) is 5.01. The zero-order chi connectivity index (χ0) is 23.9. The van der Waals surface area contributed by atoms with Crippen molar-refractivity contribution in [2.24, 2.45) is 5.92 Å². The van der Waals surface area contributed by atoms with E-state index >= 15 is 0 Å². The molecule has 0 radical (unpaired) electrons. The van der Waals surface area contributed by atoms with Gasteiger partial charge in [-0.3, -0.25) is 4.72 Å². The summed E-state index contributed by atoms with van der Waals surface area (Å²) in [5.74, 6) is 1.04. The van der Waals surface area contributed by atoms with E-state index in [1.165, 1.54) is 5.56 Å². The molecule has 3 heterocycles. The third-order valence-electron chi connectivity index (χ3n) is 6.45. The number of sulfonamides is 1. The second-order valence-electron chi connectivity index (χ2n) is 8.92. The van der Waals surface area contributed by atoms with E-state index < -0.39 is 10.0 Å². The third kappa shape index (κ3) is 4.33. The molecular weight excluding hydrogens is 452 g/mol. The second-order valence-corrected chi connectivity index (χ2v) is 10.7. The van der Waals surface area contributed by atoms with Crippen LogP contribution in [-0.2, 0) is 14.8 Å². The molecule has 1 atom stereocenters. The smallest absolute Gasteiger partial charge is 0.229 e. The molecule has 1 unspecified atom stereocenters. The molecule has 0 saturated carbocycles. The van der Waals surface area contributed by atoms with Crippen LogP contribution in [0.15, 0.2) is 53.3 Å². The Kier molecular flexibility index (Phi) is 5.91. The Bertz CT molecular complexity index is 1400. The minimum absolute atomic E-state index is 0.0427. The second kappa shape index (κ2) is 8.88. The minimum atomic E-state index is -3.51. The van der Waals surface area contributed by atoms with Gasteiger partial charge in [0, 0.05) is 18.8 Å². The summed E-state index contributed by atoms with van der Waals surface area (Å²) < 4.78 is 40.3. The van der Waals surface area contributed by atoms with E-state index in [2.05, 4.69) is 37.6 Å². The summed E-state index contributed by atoms with van der Waals surface area (Å²) in [5, 5.41) is 4.09. The van der Waals surface area contributed by atoms with Crippen LogP contribution in [0, 0.1) is 19.8 Å². The molecule has 1 fully saturated rings. The first-order chi connectivity index (χ1) is 16.3. The summed E-state index contributed by atoms with van der Waals surface area (Å²) in [6.07, 6.45) is 4.85. The maximum Gasteiger partial charge on any atom is 0.229 e. The van der Waals surface area contributed by atoms with Crippen molar-refractivity contribution in [3.63, 3.8) is 0 Å². The molecule has 0 aliphatic carbocycles. The Balaban J connectivity index is 1.75. The van der Waals surface area contributed by atoms with Gasteiger partial charge in [0.25, 0.3) is 0 Å². The number of anilines is 1. The molecule has 34 heavy (non-hydrogen) atoms. The molecule has 1 aliphatic rings. The highest BCUT2D eigenvalue weighted by Gasteiger charge is 2.29. The van der Waals surface area contributed by atoms with Crippen LogP contribution in [-0.4, -0.2) is 42.6 Å². The number of ether oxygens (including phenoxy) is 1. The molecule has 1 N–H and O–H groups in total. The monoisotopic (exact) mass is 480 g/mol. The van der Waals surface area contributed by atoms with Gasteiger partial charge in [0.2, 0.25) is 10.0 Å². The van der Waals surface area contributed by atoms with Crippen LogP contribution in [0.25, 0.3) is 22.2 Å². The molecule has 5 rings (SSSR count). The molecule has 0 amide bonds. The predicted molar refractivity (Wildman–Crippen MR) is 131 cm³/mol. The quantitative estimate of drug-likeness (QED) is 0.430. The molecule has 2 aromatic carbocycles. The predicted octanol–water partition coefficient (Wildman–Crippen LogP) is 4.70. The number of rotatable bonds is 6. The van der Waals surface area contributed by atoms with E-state index in [-0.39, 0.29) is 6.04 Å². The van der Waals surface area contributed by atoms with E-state index in [4.69, 9.17) is 9.26 Å². The molecule has 1 aliphatic heterocycles. The summed E-state index contributed by atoms with van der Waals surface area (Å²) >= 11 is 0. The molecule has 2 aromatic heterocycles. The van der Waals surface area contributed by atoms with Crippen LogP contribution < -0.4 is 4.72 Å². The summed E-state index contributed by atoms with van der Waals surface area (Å²) in [7, 11) is -3.51. The number of aromatic nitrogens is 3. The maximum absolute atomic E-state index is 12.2. The maximum atomic E-state index is 12.2. The van der Waals surface area contributed by atoms with Gasteiger partial charge in [-0.2, -0.15) is 0 Å². The van der Waals surface area contributed by atoms with Crippen molar-refractivity contribution in [3.05, 3.63) is 65.8 Å². The molecule has 178 valence electrons. The molecule has 4 aromatic rings. The number of nitrogens with zero attached hydrogens (tertiary/aromatic N) is 3. The Morgan fingerprint density at radius 3 is 2.50 bits per heavy atom. The van der Waals surface area contributed by atoms with Crippen molar-refractivity contribution in [3.8, 4) is 11.1 Å². The Hall–Kier alpha value is -3.17. The standard InChI is InChI=1S/C25H28N4O4S/c1-16-23(17(2)33-27-16)20-13-21(28-34(3,30)31)24-22(14-20)29(15-26-24)25(18-7-5-4-6-8-18)19-9-11-32-12-10-19/h4-8,13-15,19,25,28H,9-12H2,1-3H3. The van der Waals surface area contributed by atoms with E-state index in [1.807, 2.05) is 38.4 Å². The first-order valence-corrected chi connectivity index (χ1v) is 13.3. The van der Waals surface area contributed by atoms with E-state index in [0.717, 1.165) is 54.6 Å². The lowest BCUT2D eigenvalue weighted by Crippen LogP contribution is -2.26. The van der Waals surface area contributed by atoms with Gasteiger partial charge in [-0.05, 0) is 55.9 Å². The fourth-order valence-corrected chi connectivity index (χ4v) is 5.57. The summed E-state index contributed by atoms with van der Waals surface area (Å²) in [4.78, 5) is 4.68. The van der Waals surface area contributed by atoms with Crippen molar-refractivity contribution >= 4 is 26.7 Å². The Labute approximate surface area is 199 Å². The highest BCUT2D eigenvalue weighted by Crippen LogP contribution is 2.39. The summed E-state index contributed by atoms with van der Waals surface area (Å²) in [5.41, 5.74) is 5.51. The molecule has 1 saturated heterocycles. The van der Waals surface area contributed by atoms with Crippen LogP contribution in [0.1, 0.15) is 35.9 Å². The first-order valence-electron chi connectivity index (χ1n) is 11.4. The van der Waals surface area contributed by atoms with Gasteiger partial charge in [-0.25, -0.2) is 13.4 Å². The largest absolute Gasteiger partial charge is 0.381 e. The van der Waals surface area contributed by atoms with E-state index in [0.29, 0.717) is 22.9 Å². The lowest BCUT2D eigenvalue weighted by Gasteiger charge is -2.32. The van der Waals surface area contributed by atoms with Crippen molar-refractivity contribution in [2.45, 2.75) is 32.7 Å².